The molecule has 31 heavy (non-hydrogen) atoms. The molecule has 1 saturated heterocycles. The van der Waals surface area contributed by atoms with Crippen LogP contribution in [0.4, 0.5) is 5.69 Å². The molecule has 0 unspecified atom stereocenters. The first-order valence-corrected chi connectivity index (χ1v) is 11.0. The standard InChI is InChI=1S/C23H30ClN3O4/c1-5-14-9-10-15-18(17(14)21(29)25-4)23(31)27(13(3)11-28)20(15)22(30)26-19-12(2)7-6-8-16(19)24/h6-10,13-15,17-18,20,28H,5,11H2,1-4H3,(H,25,29)(H,26,30)/t13-,14-,15+,17-,18-,20+/m1/s1. The van der Waals surface area contributed by atoms with E-state index in [9.17, 15) is 19.5 Å². The summed E-state index contributed by atoms with van der Waals surface area (Å²) in [5.41, 5.74) is 1.30. The van der Waals surface area contributed by atoms with Crippen molar-refractivity contribution < 1.29 is 19.5 Å². The van der Waals surface area contributed by atoms with Crippen LogP contribution in [0.3, 0.4) is 0 Å². The van der Waals surface area contributed by atoms with Gasteiger partial charge >= 0.3 is 0 Å². The minimum absolute atomic E-state index is 0.0935. The largest absolute Gasteiger partial charge is 0.394 e. The molecule has 0 spiro atoms. The Morgan fingerprint density at radius 2 is 1.97 bits per heavy atom. The number of halogens is 1. The molecule has 0 saturated carbocycles. The molecule has 1 heterocycles. The van der Waals surface area contributed by atoms with E-state index in [0.717, 1.165) is 5.56 Å². The van der Waals surface area contributed by atoms with Gasteiger partial charge in [-0.1, -0.05) is 42.8 Å². The zero-order valence-electron chi connectivity index (χ0n) is 18.3. The summed E-state index contributed by atoms with van der Waals surface area (Å²) in [6, 6.07) is 3.91. The van der Waals surface area contributed by atoms with E-state index in [4.69, 9.17) is 11.6 Å². The molecule has 1 aliphatic carbocycles. The van der Waals surface area contributed by atoms with Gasteiger partial charge in [-0.2, -0.15) is 0 Å². The molecule has 1 fully saturated rings. The van der Waals surface area contributed by atoms with E-state index in [-0.39, 0.29) is 30.2 Å². The van der Waals surface area contributed by atoms with Gasteiger partial charge in [-0.25, -0.2) is 0 Å². The number of hydrogen-bond acceptors (Lipinski definition) is 4. The number of allylic oxidation sites excluding steroid dienone is 1. The van der Waals surface area contributed by atoms with Gasteiger partial charge in [-0.15, -0.1) is 0 Å². The van der Waals surface area contributed by atoms with Gasteiger partial charge in [-0.05, 0) is 37.8 Å². The highest BCUT2D eigenvalue weighted by molar-refractivity contribution is 6.34. The van der Waals surface area contributed by atoms with E-state index in [1.807, 2.05) is 32.1 Å². The number of likely N-dealkylation sites (tertiary alicyclic amines) is 1. The molecule has 0 bridgehead atoms. The average Bonchev–Trinajstić information content (AvgIpc) is 3.07. The molecule has 168 valence electrons. The summed E-state index contributed by atoms with van der Waals surface area (Å²) >= 11 is 6.29. The van der Waals surface area contributed by atoms with Crippen LogP contribution in [-0.4, -0.2) is 53.5 Å². The molecule has 2 aliphatic rings. The van der Waals surface area contributed by atoms with Crippen molar-refractivity contribution in [3.8, 4) is 0 Å². The van der Waals surface area contributed by atoms with E-state index in [2.05, 4.69) is 10.6 Å². The second-order valence-electron chi connectivity index (χ2n) is 8.34. The third-order valence-corrected chi connectivity index (χ3v) is 6.86. The number of aryl methyl sites for hydroxylation is 1. The second-order valence-corrected chi connectivity index (χ2v) is 8.75. The number of aliphatic hydroxyl groups excluding tert-OH is 1. The van der Waals surface area contributed by atoms with Crippen LogP contribution in [0.1, 0.15) is 25.8 Å². The Bertz CT molecular complexity index is 883. The summed E-state index contributed by atoms with van der Waals surface area (Å²) in [6.45, 7) is 5.23. The van der Waals surface area contributed by atoms with E-state index in [1.54, 1.807) is 26.1 Å². The molecular weight excluding hydrogens is 418 g/mol. The van der Waals surface area contributed by atoms with Crippen LogP contribution >= 0.6 is 11.6 Å². The summed E-state index contributed by atoms with van der Waals surface area (Å²) in [7, 11) is 1.56. The maximum Gasteiger partial charge on any atom is 0.247 e. The number of nitrogens with one attached hydrogen (secondary N) is 2. The Balaban J connectivity index is 2.04. The van der Waals surface area contributed by atoms with Gasteiger partial charge in [0.1, 0.15) is 6.04 Å². The predicted octanol–water partition coefficient (Wildman–Crippen LogP) is 2.37. The van der Waals surface area contributed by atoms with E-state index < -0.39 is 29.8 Å². The van der Waals surface area contributed by atoms with Gasteiger partial charge in [0.05, 0.1) is 35.2 Å². The van der Waals surface area contributed by atoms with Crippen molar-refractivity contribution >= 4 is 35.0 Å². The van der Waals surface area contributed by atoms with Crippen LogP contribution in [0.2, 0.25) is 5.02 Å². The van der Waals surface area contributed by atoms with Crippen molar-refractivity contribution in [2.45, 2.75) is 39.3 Å². The number of hydrogen-bond donors (Lipinski definition) is 3. The molecule has 0 aromatic heterocycles. The van der Waals surface area contributed by atoms with Gasteiger partial charge in [0.25, 0.3) is 0 Å². The first-order valence-electron chi connectivity index (χ1n) is 10.7. The van der Waals surface area contributed by atoms with E-state index >= 15 is 0 Å². The van der Waals surface area contributed by atoms with Crippen molar-refractivity contribution in [1.29, 1.82) is 0 Å². The van der Waals surface area contributed by atoms with Crippen LogP contribution in [-0.2, 0) is 14.4 Å². The molecule has 1 aliphatic heterocycles. The Labute approximate surface area is 187 Å². The zero-order chi connectivity index (χ0) is 22.9. The number of benzene rings is 1. The van der Waals surface area contributed by atoms with Crippen LogP contribution < -0.4 is 10.6 Å². The minimum atomic E-state index is -0.850. The average molecular weight is 448 g/mol. The lowest BCUT2D eigenvalue weighted by Crippen LogP contribution is -2.49. The van der Waals surface area contributed by atoms with Crippen molar-refractivity contribution in [2.75, 3.05) is 19.0 Å². The van der Waals surface area contributed by atoms with Crippen molar-refractivity contribution in [2.24, 2.45) is 23.7 Å². The lowest BCUT2D eigenvalue weighted by atomic mass is 9.69. The quantitative estimate of drug-likeness (QED) is 0.583. The number of rotatable bonds is 6. The van der Waals surface area contributed by atoms with Crippen LogP contribution in [0, 0.1) is 30.6 Å². The maximum atomic E-state index is 13.5. The molecule has 1 aromatic carbocycles. The fourth-order valence-electron chi connectivity index (χ4n) is 4.91. The van der Waals surface area contributed by atoms with Gasteiger partial charge in [0, 0.05) is 13.0 Å². The molecule has 7 nitrogen and oxygen atoms in total. The normalized spacial score (nSPS) is 28.3. The molecule has 1 aromatic rings. The second kappa shape index (κ2) is 9.40. The van der Waals surface area contributed by atoms with Crippen LogP contribution in [0.15, 0.2) is 30.4 Å². The first kappa shape index (κ1) is 23.3. The van der Waals surface area contributed by atoms with Crippen LogP contribution in [0.25, 0.3) is 0 Å². The number of para-hydroxylation sites is 1. The monoisotopic (exact) mass is 447 g/mol. The van der Waals surface area contributed by atoms with Gasteiger partial charge in [-0.3, -0.25) is 14.4 Å². The summed E-state index contributed by atoms with van der Waals surface area (Å²) in [5.74, 6) is -2.66. The van der Waals surface area contributed by atoms with E-state index in [0.29, 0.717) is 17.1 Å². The SMILES string of the molecule is CC[C@@H]1C=C[C@H]2[C@@H](C(=O)N([C@H](C)CO)[C@@H]2C(=O)Nc2c(C)cccc2Cl)[C@@H]1C(=O)NC. The Morgan fingerprint density at radius 1 is 1.26 bits per heavy atom. The Morgan fingerprint density at radius 3 is 2.55 bits per heavy atom. The first-order chi connectivity index (χ1) is 14.8. The smallest absolute Gasteiger partial charge is 0.247 e. The number of amides is 3. The Hall–Kier alpha value is -2.38. The fraction of sp³-hybridized carbons (Fsp3) is 0.522. The molecule has 3 N–H and O–H groups in total. The lowest BCUT2D eigenvalue weighted by Gasteiger charge is -2.34. The topological polar surface area (TPSA) is 98.7 Å². The number of fused-ring (bicyclic) bond motifs is 1. The highest BCUT2D eigenvalue weighted by Gasteiger charge is 2.57. The molecule has 8 heteroatoms. The number of aliphatic hydroxyl groups is 1. The van der Waals surface area contributed by atoms with Crippen molar-refractivity contribution in [3.63, 3.8) is 0 Å². The van der Waals surface area contributed by atoms with E-state index in [1.165, 1.54) is 4.90 Å². The number of nitrogens with zero attached hydrogens (tertiary/aromatic N) is 1. The van der Waals surface area contributed by atoms with Crippen LogP contribution in [0.5, 0.6) is 0 Å². The zero-order valence-corrected chi connectivity index (χ0v) is 19.0. The highest BCUT2D eigenvalue weighted by atomic mass is 35.5. The number of anilines is 1. The molecule has 3 amide bonds. The molecule has 3 rings (SSSR count). The summed E-state index contributed by atoms with van der Waals surface area (Å²) < 4.78 is 0. The summed E-state index contributed by atoms with van der Waals surface area (Å²) in [5, 5.41) is 15.8. The van der Waals surface area contributed by atoms with Gasteiger partial charge < -0.3 is 20.6 Å². The minimum Gasteiger partial charge on any atom is -0.394 e. The molecule has 0 radical (unpaired) electrons. The third-order valence-electron chi connectivity index (χ3n) is 6.55. The summed E-state index contributed by atoms with van der Waals surface area (Å²) in [6.07, 6.45) is 4.54. The fourth-order valence-corrected chi connectivity index (χ4v) is 5.18. The predicted molar refractivity (Wildman–Crippen MR) is 119 cm³/mol. The van der Waals surface area contributed by atoms with Gasteiger partial charge in [0.2, 0.25) is 17.7 Å². The molecule has 6 atom stereocenters. The van der Waals surface area contributed by atoms with Gasteiger partial charge in [0.15, 0.2) is 0 Å². The molecular formula is C23H30ClN3O4. The van der Waals surface area contributed by atoms with Crippen molar-refractivity contribution in [1.82, 2.24) is 10.2 Å². The van der Waals surface area contributed by atoms with Crippen molar-refractivity contribution in [3.05, 3.63) is 40.9 Å². The Kier molecular flexibility index (Phi) is 7.06. The number of carbonyl (C=O) groups is 3. The third kappa shape index (κ3) is 4.08. The maximum absolute atomic E-state index is 13.5. The number of carbonyl (C=O) groups excluding carboxylic acids is 3. The highest BCUT2D eigenvalue weighted by Crippen LogP contribution is 2.45. The summed E-state index contributed by atoms with van der Waals surface area (Å²) in [4.78, 5) is 41.2. The lowest BCUT2D eigenvalue weighted by molar-refractivity contribution is -0.142.